The molecule has 0 fully saturated rings. The van der Waals surface area contributed by atoms with Crippen LogP contribution in [-0.2, 0) is 0 Å². The topological polar surface area (TPSA) is 24.1 Å². The van der Waals surface area contributed by atoms with Crippen molar-refractivity contribution in [3.8, 4) is 0 Å². The van der Waals surface area contributed by atoms with Gasteiger partial charge in [0.25, 0.3) is 0 Å². The molecule has 3 heteroatoms. The average molecular weight is 241 g/mol. The molecule has 1 aromatic rings. The van der Waals surface area contributed by atoms with Gasteiger partial charge in [-0.05, 0) is 41.0 Å². The van der Waals surface area contributed by atoms with Crippen LogP contribution in [0.3, 0.4) is 0 Å². The molecule has 70 valence electrons. The van der Waals surface area contributed by atoms with E-state index in [0.29, 0.717) is 6.04 Å². The number of anilines is 1. The monoisotopic (exact) mass is 240 g/mol. The van der Waals surface area contributed by atoms with Gasteiger partial charge in [0.1, 0.15) is 0 Å². The van der Waals surface area contributed by atoms with Gasteiger partial charge in [-0.2, -0.15) is 0 Å². The van der Waals surface area contributed by atoms with E-state index in [-0.39, 0.29) is 0 Å². The molecule has 2 rings (SSSR count). The first kappa shape index (κ1) is 9.03. The molecule has 0 amide bonds. The molecule has 1 heterocycles. The molecule has 1 aliphatic heterocycles. The molecule has 1 aliphatic rings. The Morgan fingerprint density at radius 2 is 2.38 bits per heavy atom. The lowest BCUT2D eigenvalue weighted by Crippen LogP contribution is -2.25. The molecule has 0 spiro atoms. The first-order valence-corrected chi connectivity index (χ1v) is 5.32. The minimum absolute atomic E-state index is 0.494. The van der Waals surface area contributed by atoms with Crippen LogP contribution in [-0.4, -0.2) is 13.6 Å². The third kappa shape index (κ3) is 1.58. The zero-order chi connectivity index (χ0) is 9.26. The summed E-state index contributed by atoms with van der Waals surface area (Å²) in [6.07, 6.45) is 1.15. The molecule has 2 nitrogen and oxygen atoms in total. The van der Waals surface area contributed by atoms with E-state index in [1.165, 1.54) is 11.3 Å². The van der Waals surface area contributed by atoms with Crippen LogP contribution in [0, 0.1) is 0 Å². The number of nitrogens with one attached hydrogen (secondary N) is 2. The number of para-hydroxylation sites is 1. The van der Waals surface area contributed by atoms with Crippen LogP contribution in [0.1, 0.15) is 18.0 Å². The highest BCUT2D eigenvalue weighted by Crippen LogP contribution is 2.34. The van der Waals surface area contributed by atoms with E-state index < -0.39 is 0 Å². The highest BCUT2D eigenvalue weighted by Gasteiger charge is 2.19. The Balaban J connectivity index is 2.45. The Morgan fingerprint density at radius 1 is 1.54 bits per heavy atom. The van der Waals surface area contributed by atoms with Crippen molar-refractivity contribution in [3.05, 3.63) is 28.2 Å². The summed E-state index contributed by atoms with van der Waals surface area (Å²) in [5.74, 6) is 0. The summed E-state index contributed by atoms with van der Waals surface area (Å²) in [4.78, 5) is 0. The Labute approximate surface area is 86.9 Å². The summed E-state index contributed by atoms with van der Waals surface area (Å²) >= 11 is 3.55. The summed E-state index contributed by atoms with van der Waals surface area (Å²) in [6.45, 7) is 1.04. The predicted molar refractivity (Wildman–Crippen MR) is 59.0 cm³/mol. The number of halogens is 1. The fraction of sp³-hybridized carbons (Fsp3) is 0.400. The van der Waals surface area contributed by atoms with E-state index in [1.54, 1.807) is 0 Å². The van der Waals surface area contributed by atoms with Gasteiger partial charge in [-0.25, -0.2) is 0 Å². The highest BCUT2D eigenvalue weighted by atomic mass is 79.9. The van der Waals surface area contributed by atoms with Gasteiger partial charge in [0.2, 0.25) is 0 Å². The van der Waals surface area contributed by atoms with Gasteiger partial charge in [0.15, 0.2) is 0 Å². The predicted octanol–water partition coefficient (Wildman–Crippen LogP) is 2.53. The third-order valence-corrected chi connectivity index (χ3v) is 3.17. The first-order valence-electron chi connectivity index (χ1n) is 4.52. The van der Waals surface area contributed by atoms with Gasteiger partial charge in [-0.3, -0.25) is 0 Å². The van der Waals surface area contributed by atoms with Crippen LogP contribution in [0.15, 0.2) is 22.7 Å². The molecule has 0 saturated carbocycles. The number of hydrogen-bond acceptors (Lipinski definition) is 2. The van der Waals surface area contributed by atoms with E-state index in [2.05, 4.69) is 44.8 Å². The molecule has 0 radical (unpaired) electrons. The lowest BCUT2D eigenvalue weighted by atomic mass is 9.98. The van der Waals surface area contributed by atoms with Gasteiger partial charge in [-0.1, -0.05) is 12.1 Å². The van der Waals surface area contributed by atoms with E-state index >= 15 is 0 Å². The number of benzene rings is 1. The smallest absolute Gasteiger partial charge is 0.0533 e. The summed E-state index contributed by atoms with van der Waals surface area (Å²) in [5, 5.41) is 6.73. The molecule has 1 atom stereocenters. The Morgan fingerprint density at radius 3 is 3.15 bits per heavy atom. The number of fused-ring (bicyclic) bond motifs is 1. The minimum Gasteiger partial charge on any atom is -0.384 e. The molecule has 0 bridgehead atoms. The fourth-order valence-electron chi connectivity index (χ4n) is 1.81. The van der Waals surface area contributed by atoms with E-state index in [4.69, 9.17) is 0 Å². The molecular weight excluding hydrogens is 228 g/mol. The quantitative estimate of drug-likeness (QED) is 0.789. The van der Waals surface area contributed by atoms with Gasteiger partial charge in [-0.15, -0.1) is 0 Å². The van der Waals surface area contributed by atoms with Gasteiger partial charge < -0.3 is 10.6 Å². The molecule has 1 aromatic carbocycles. The van der Waals surface area contributed by atoms with Crippen LogP contribution >= 0.6 is 15.9 Å². The second-order valence-corrected chi connectivity index (χ2v) is 4.12. The first-order chi connectivity index (χ1) is 6.33. The molecule has 13 heavy (non-hydrogen) atoms. The molecule has 2 N–H and O–H groups in total. The summed E-state index contributed by atoms with van der Waals surface area (Å²) in [7, 11) is 2.01. The van der Waals surface area contributed by atoms with Crippen molar-refractivity contribution >= 4 is 21.6 Å². The number of rotatable bonds is 1. The molecular formula is C10H13BrN2. The lowest BCUT2D eigenvalue weighted by molar-refractivity contribution is 0.551. The van der Waals surface area contributed by atoms with Gasteiger partial charge >= 0.3 is 0 Å². The van der Waals surface area contributed by atoms with Crippen molar-refractivity contribution in [2.24, 2.45) is 0 Å². The maximum Gasteiger partial charge on any atom is 0.0533 e. The van der Waals surface area contributed by atoms with Crippen molar-refractivity contribution < 1.29 is 0 Å². The van der Waals surface area contributed by atoms with Gasteiger partial charge in [0.05, 0.1) is 5.69 Å². The summed E-state index contributed by atoms with van der Waals surface area (Å²) in [6, 6.07) is 6.83. The number of hydrogen-bond donors (Lipinski definition) is 2. The highest BCUT2D eigenvalue weighted by molar-refractivity contribution is 9.10. The molecule has 1 unspecified atom stereocenters. The van der Waals surface area contributed by atoms with Crippen molar-refractivity contribution in [1.82, 2.24) is 5.32 Å². The largest absolute Gasteiger partial charge is 0.384 e. The second-order valence-electron chi connectivity index (χ2n) is 3.26. The van der Waals surface area contributed by atoms with Crippen molar-refractivity contribution in [2.45, 2.75) is 12.5 Å². The zero-order valence-electron chi connectivity index (χ0n) is 7.60. The zero-order valence-corrected chi connectivity index (χ0v) is 9.19. The van der Waals surface area contributed by atoms with E-state index in [9.17, 15) is 0 Å². The Bertz CT molecular complexity index is 312. The Hall–Kier alpha value is -0.540. The van der Waals surface area contributed by atoms with Crippen LogP contribution in [0.2, 0.25) is 0 Å². The summed E-state index contributed by atoms with van der Waals surface area (Å²) < 4.78 is 1.16. The normalized spacial score (nSPS) is 20.6. The second kappa shape index (κ2) is 3.68. The van der Waals surface area contributed by atoms with Crippen LogP contribution in [0.5, 0.6) is 0 Å². The van der Waals surface area contributed by atoms with Crippen LogP contribution < -0.4 is 10.6 Å². The van der Waals surface area contributed by atoms with Gasteiger partial charge in [0, 0.05) is 17.1 Å². The minimum atomic E-state index is 0.494. The summed E-state index contributed by atoms with van der Waals surface area (Å²) in [5.41, 5.74) is 2.61. The van der Waals surface area contributed by atoms with Crippen molar-refractivity contribution in [3.63, 3.8) is 0 Å². The SMILES string of the molecule is CNC1CCNc2c(Br)cccc21. The maximum atomic E-state index is 3.55. The Kier molecular flexibility index (Phi) is 2.56. The van der Waals surface area contributed by atoms with Crippen LogP contribution in [0.25, 0.3) is 0 Å². The maximum absolute atomic E-state index is 3.55. The lowest BCUT2D eigenvalue weighted by Gasteiger charge is -2.27. The molecule has 0 aliphatic carbocycles. The van der Waals surface area contributed by atoms with Crippen LogP contribution in [0.4, 0.5) is 5.69 Å². The fourth-order valence-corrected chi connectivity index (χ4v) is 2.34. The molecule has 0 aromatic heterocycles. The van der Waals surface area contributed by atoms with Crippen molar-refractivity contribution in [2.75, 3.05) is 18.9 Å². The van der Waals surface area contributed by atoms with E-state index in [1.807, 2.05) is 7.05 Å². The molecule has 0 saturated heterocycles. The standard InChI is InChI=1S/C10H13BrN2/c1-12-9-5-6-13-10-7(9)3-2-4-8(10)11/h2-4,9,12-13H,5-6H2,1H3. The average Bonchev–Trinajstić information content (AvgIpc) is 2.18. The van der Waals surface area contributed by atoms with E-state index in [0.717, 1.165) is 17.4 Å². The van der Waals surface area contributed by atoms with Crippen molar-refractivity contribution in [1.29, 1.82) is 0 Å². The third-order valence-electron chi connectivity index (χ3n) is 2.50.